The van der Waals surface area contributed by atoms with Crippen LogP contribution in [0.1, 0.15) is 50.2 Å². The Bertz CT molecular complexity index is 847. The normalized spacial score (nSPS) is 15.4. The van der Waals surface area contributed by atoms with E-state index < -0.39 is 6.04 Å². The molecule has 160 valence electrons. The van der Waals surface area contributed by atoms with E-state index in [1.54, 1.807) is 30.0 Å². The number of amides is 2. The second-order valence-corrected chi connectivity index (χ2v) is 8.72. The van der Waals surface area contributed by atoms with E-state index in [1.807, 2.05) is 30.3 Å². The van der Waals surface area contributed by atoms with Gasteiger partial charge in [0.2, 0.25) is 11.8 Å². The molecule has 0 spiro atoms. The summed E-state index contributed by atoms with van der Waals surface area (Å²) in [5.41, 5.74) is 1.55. The summed E-state index contributed by atoms with van der Waals surface area (Å²) in [6, 6.07) is 14.5. The summed E-state index contributed by atoms with van der Waals surface area (Å²) < 4.78 is 0. The fraction of sp³-hybridized carbons (Fsp3) is 0.417. The van der Waals surface area contributed by atoms with Crippen LogP contribution in [-0.2, 0) is 22.6 Å². The van der Waals surface area contributed by atoms with E-state index in [4.69, 9.17) is 23.2 Å². The topological polar surface area (TPSA) is 49.4 Å². The van der Waals surface area contributed by atoms with Crippen LogP contribution in [0.15, 0.2) is 48.5 Å². The molecule has 1 aliphatic rings. The molecule has 30 heavy (non-hydrogen) atoms. The summed E-state index contributed by atoms with van der Waals surface area (Å²) in [5, 5.41) is 4.05. The number of hydrogen-bond acceptors (Lipinski definition) is 2. The summed E-state index contributed by atoms with van der Waals surface area (Å²) in [7, 11) is 0. The third-order valence-electron chi connectivity index (χ3n) is 5.70. The van der Waals surface area contributed by atoms with Crippen LogP contribution >= 0.6 is 23.2 Å². The zero-order valence-electron chi connectivity index (χ0n) is 17.2. The maximum atomic E-state index is 13.3. The monoisotopic (exact) mass is 446 g/mol. The minimum absolute atomic E-state index is 0.0480. The highest BCUT2D eigenvalue weighted by atomic mass is 35.5. The molecule has 2 aromatic rings. The van der Waals surface area contributed by atoms with Crippen molar-refractivity contribution in [3.63, 3.8) is 0 Å². The number of benzene rings is 2. The van der Waals surface area contributed by atoms with Crippen molar-refractivity contribution >= 4 is 35.0 Å². The molecule has 2 amide bonds. The highest BCUT2D eigenvalue weighted by molar-refractivity contribution is 6.36. The Balaban J connectivity index is 1.78. The Morgan fingerprint density at radius 1 is 1.00 bits per heavy atom. The van der Waals surface area contributed by atoms with Gasteiger partial charge in [-0.25, -0.2) is 0 Å². The molecule has 1 aliphatic carbocycles. The first kappa shape index (κ1) is 22.6. The first-order chi connectivity index (χ1) is 14.5. The maximum Gasteiger partial charge on any atom is 0.242 e. The average Bonchev–Trinajstić information content (AvgIpc) is 2.75. The summed E-state index contributed by atoms with van der Waals surface area (Å²) in [6.45, 7) is 2.13. The third kappa shape index (κ3) is 5.99. The van der Waals surface area contributed by atoms with Gasteiger partial charge in [-0.3, -0.25) is 9.59 Å². The Hall–Kier alpha value is -2.04. The van der Waals surface area contributed by atoms with Crippen molar-refractivity contribution in [2.24, 2.45) is 0 Å². The van der Waals surface area contributed by atoms with E-state index in [-0.39, 0.29) is 24.3 Å². The molecule has 2 aromatic carbocycles. The van der Waals surface area contributed by atoms with E-state index in [1.165, 1.54) is 6.42 Å². The molecule has 1 N–H and O–H groups in total. The Morgan fingerprint density at radius 3 is 2.27 bits per heavy atom. The average molecular weight is 447 g/mol. The first-order valence-corrected chi connectivity index (χ1v) is 11.3. The second-order valence-electron chi connectivity index (χ2n) is 7.90. The molecule has 3 rings (SSSR count). The van der Waals surface area contributed by atoms with Crippen molar-refractivity contribution in [1.29, 1.82) is 0 Å². The standard InChI is InChI=1S/C24H28Cl2N2O2/c1-17(24(30)27-19-11-6-3-7-12-19)28(16-18-9-4-2-5-10-18)23(29)15-20-21(25)13-8-14-22(20)26/h2,4-5,8-10,13-14,17,19H,3,6-7,11-12,15-16H2,1H3,(H,27,30)/t17-/m0/s1. The molecular weight excluding hydrogens is 419 g/mol. The van der Waals surface area contributed by atoms with Crippen LogP contribution in [0.4, 0.5) is 0 Å². The number of carbonyl (C=O) groups is 2. The zero-order chi connectivity index (χ0) is 21.5. The lowest BCUT2D eigenvalue weighted by Gasteiger charge is -2.31. The number of hydrogen-bond donors (Lipinski definition) is 1. The Morgan fingerprint density at radius 2 is 1.63 bits per heavy atom. The van der Waals surface area contributed by atoms with Crippen molar-refractivity contribution in [3.05, 3.63) is 69.7 Å². The van der Waals surface area contributed by atoms with Crippen molar-refractivity contribution in [2.45, 2.75) is 64.1 Å². The van der Waals surface area contributed by atoms with Gasteiger partial charge in [-0.2, -0.15) is 0 Å². The number of rotatable bonds is 7. The number of nitrogens with one attached hydrogen (secondary N) is 1. The van der Waals surface area contributed by atoms with Crippen LogP contribution in [0.5, 0.6) is 0 Å². The molecule has 0 saturated heterocycles. The van der Waals surface area contributed by atoms with Crippen LogP contribution in [-0.4, -0.2) is 28.8 Å². The Kier molecular flexibility index (Phi) is 8.17. The summed E-state index contributed by atoms with van der Waals surface area (Å²) >= 11 is 12.5. The molecule has 6 heteroatoms. The van der Waals surface area contributed by atoms with Crippen molar-refractivity contribution in [1.82, 2.24) is 10.2 Å². The molecule has 0 bridgehead atoms. The summed E-state index contributed by atoms with van der Waals surface area (Å²) in [4.78, 5) is 27.9. The van der Waals surface area contributed by atoms with Gasteiger partial charge in [0.15, 0.2) is 0 Å². The fourth-order valence-corrected chi connectivity index (χ4v) is 4.42. The number of halogens is 2. The van der Waals surface area contributed by atoms with E-state index in [0.717, 1.165) is 31.2 Å². The molecule has 0 unspecified atom stereocenters. The molecule has 1 saturated carbocycles. The van der Waals surface area contributed by atoms with Crippen LogP contribution < -0.4 is 5.32 Å². The maximum absolute atomic E-state index is 13.3. The van der Waals surface area contributed by atoms with E-state index in [9.17, 15) is 9.59 Å². The summed E-state index contributed by atoms with van der Waals surface area (Å²) in [6.07, 6.45) is 5.54. The van der Waals surface area contributed by atoms with Crippen molar-refractivity contribution in [2.75, 3.05) is 0 Å². The van der Waals surface area contributed by atoms with Gasteiger partial charge in [-0.15, -0.1) is 0 Å². The highest BCUT2D eigenvalue weighted by Crippen LogP contribution is 2.26. The number of nitrogens with zero attached hydrogens (tertiary/aromatic N) is 1. The molecule has 1 atom stereocenters. The van der Waals surface area contributed by atoms with Crippen LogP contribution in [0.25, 0.3) is 0 Å². The SMILES string of the molecule is C[C@@H](C(=O)NC1CCCCC1)N(Cc1ccccc1)C(=O)Cc1c(Cl)cccc1Cl. The molecule has 0 radical (unpaired) electrons. The van der Waals surface area contributed by atoms with Gasteiger partial charge in [0.05, 0.1) is 6.42 Å². The predicted octanol–water partition coefficient (Wildman–Crippen LogP) is 5.40. The van der Waals surface area contributed by atoms with E-state index >= 15 is 0 Å². The van der Waals surface area contributed by atoms with Gasteiger partial charge in [0, 0.05) is 22.6 Å². The lowest BCUT2D eigenvalue weighted by atomic mass is 9.95. The van der Waals surface area contributed by atoms with Gasteiger partial charge >= 0.3 is 0 Å². The van der Waals surface area contributed by atoms with Crippen molar-refractivity contribution < 1.29 is 9.59 Å². The molecule has 1 fully saturated rings. The van der Waals surface area contributed by atoms with Gasteiger partial charge in [0.25, 0.3) is 0 Å². The molecule has 0 aliphatic heterocycles. The first-order valence-electron chi connectivity index (χ1n) is 10.5. The predicted molar refractivity (Wildman–Crippen MR) is 122 cm³/mol. The third-order valence-corrected chi connectivity index (χ3v) is 6.41. The largest absolute Gasteiger partial charge is 0.352 e. The van der Waals surface area contributed by atoms with Gasteiger partial charge in [-0.1, -0.05) is 78.9 Å². The minimum atomic E-state index is -0.596. The van der Waals surface area contributed by atoms with Gasteiger partial charge in [0.1, 0.15) is 6.04 Å². The summed E-state index contributed by atoms with van der Waals surface area (Å²) in [5.74, 6) is -0.295. The number of carbonyl (C=O) groups excluding carboxylic acids is 2. The van der Waals surface area contributed by atoms with E-state index in [2.05, 4.69) is 5.32 Å². The molecular formula is C24H28Cl2N2O2. The van der Waals surface area contributed by atoms with E-state index in [0.29, 0.717) is 22.2 Å². The Labute approximate surface area is 188 Å². The quantitative estimate of drug-likeness (QED) is 0.618. The second kappa shape index (κ2) is 10.8. The van der Waals surface area contributed by atoms with Crippen LogP contribution in [0, 0.1) is 0 Å². The highest BCUT2D eigenvalue weighted by Gasteiger charge is 2.28. The van der Waals surface area contributed by atoms with Gasteiger partial charge in [-0.05, 0) is 43.0 Å². The zero-order valence-corrected chi connectivity index (χ0v) is 18.8. The van der Waals surface area contributed by atoms with Gasteiger partial charge < -0.3 is 10.2 Å². The lowest BCUT2D eigenvalue weighted by molar-refractivity contribution is -0.140. The lowest BCUT2D eigenvalue weighted by Crippen LogP contribution is -2.50. The van der Waals surface area contributed by atoms with Crippen LogP contribution in [0.3, 0.4) is 0 Å². The minimum Gasteiger partial charge on any atom is -0.352 e. The molecule has 0 aromatic heterocycles. The molecule has 4 nitrogen and oxygen atoms in total. The fourth-order valence-electron chi connectivity index (χ4n) is 3.89. The van der Waals surface area contributed by atoms with Crippen molar-refractivity contribution in [3.8, 4) is 0 Å². The smallest absolute Gasteiger partial charge is 0.242 e. The van der Waals surface area contributed by atoms with Crippen LogP contribution in [0.2, 0.25) is 10.0 Å². The molecule has 0 heterocycles.